The molecule has 2 aromatic carbocycles. The van der Waals surface area contributed by atoms with Crippen LogP contribution in [0.2, 0.25) is 0 Å². The van der Waals surface area contributed by atoms with Gasteiger partial charge in [0.25, 0.3) is 0 Å². The average Bonchev–Trinajstić information content (AvgIpc) is 2.49. The first-order valence-electron chi connectivity index (χ1n) is 6.22. The quantitative estimate of drug-likeness (QED) is 0.458. The fourth-order valence-electron chi connectivity index (χ4n) is 1.73. The molecule has 0 aliphatic heterocycles. The van der Waals surface area contributed by atoms with E-state index in [4.69, 9.17) is 5.21 Å². The first kappa shape index (κ1) is 14.5. The van der Waals surface area contributed by atoms with E-state index in [0.717, 1.165) is 0 Å². The molecule has 0 aliphatic rings. The van der Waals surface area contributed by atoms with E-state index < -0.39 is 11.8 Å². The Morgan fingerprint density at radius 1 is 1.14 bits per heavy atom. The maximum absolute atomic E-state index is 13.4. The van der Waals surface area contributed by atoms with Crippen molar-refractivity contribution in [2.24, 2.45) is 5.16 Å². The van der Waals surface area contributed by atoms with Crippen LogP contribution in [0.25, 0.3) is 0 Å². The topological polar surface area (TPSA) is 73.7 Å². The fourth-order valence-corrected chi connectivity index (χ4v) is 1.73. The molecule has 0 radical (unpaired) electrons. The highest BCUT2D eigenvalue weighted by atomic mass is 19.1. The third-order valence-corrected chi connectivity index (χ3v) is 2.81. The summed E-state index contributed by atoms with van der Waals surface area (Å²) < 4.78 is 13.4. The van der Waals surface area contributed by atoms with Gasteiger partial charge in [0.05, 0.1) is 11.4 Å². The Kier molecular flexibility index (Phi) is 4.50. The second-order valence-electron chi connectivity index (χ2n) is 4.33. The molecule has 21 heavy (non-hydrogen) atoms. The highest BCUT2D eigenvalue weighted by Crippen LogP contribution is 2.15. The first-order chi connectivity index (χ1) is 10.1. The molecular weight excluding hydrogens is 273 g/mol. The van der Waals surface area contributed by atoms with E-state index in [9.17, 15) is 9.18 Å². The molecule has 0 unspecified atom stereocenters. The number of urea groups is 1. The predicted molar refractivity (Wildman–Crippen MR) is 79.5 cm³/mol. The Bertz CT molecular complexity index is 686. The van der Waals surface area contributed by atoms with E-state index in [-0.39, 0.29) is 5.69 Å². The van der Waals surface area contributed by atoms with Crippen molar-refractivity contribution in [3.63, 3.8) is 0 Å². The van der Waals surface area contributed by atoms with Crippen molar-refractivity contribution >= 4 is 23.1 Å². The van der Waals surface area contributed by atoms with Gasteiger partial charge in [-0.25, -0.2) is 9.18 Å². The molecule has 5 nitrogen and oxygen atoms in total. The van der Waals surface area contributed by atoms with E-state index in [1.165, 1.54) is 12.1 Å². The number of rotatable bonds is 3. The van der Waals surface area contributed by atoms with Crippen LogP contribution in [0.3, 0.4) is 0 Å². The summed E-state index contributed by atoms with van der Waals surface area (Å²) >= 11 is 0. The number of anilines is 2. The third-order valence-electron chi connectivity index (χ3n) is 2.81. The van der Waals surface area contributed by atoms with Crippen molar-refractivity contribution in [3.05, 3.63) is 59.9 Å². The largest absolute Gasteiger partial charge is 0.411 e. The van der Waals surface area contributed by atoms with Crippen LogP contribution in [0.1, 0.15) is 12.5 Å². The van der Waals surface area contributed by atoms with Gasteiger partial charge >= 0.3 is 6.03 Å². The Balaban J connectivity index is 2.08. The van der Waals surface area contributed by atoms with Gasteiger partial charge in [0.1, 0.15) is 5.82 Å². The number of oxime groups is 1. The molecule has 0 aliphatic carbocycles. The van der Waals surface area contributed by atoms with E-state index >= 15 is 0 Å². The summed E-state index contributed by atoms with van der Waals surface area (Å²) in [5, 5.41) is 16.8. The van der Waals surface area contributed by atoms with Crippen LogP contribution < -0.4 is 10.6 Å². The third kappa shape index (κ3) is 3.79. The fraction of sp³-hybridized carbons (Fsp3) is 0.0667. The second-order valence-corrected chi connectivity index (χ2v) is 4.33. The molecule has 2 amide bonds. The lowest BCUT2D eigenvalue weighted by Crippen LogP contribution is -2.20. The number of amides is 2. The van der Waals surface area contributed by atoms with Crippen LogP contribution in [0.4, 0.5) is 20.6 Å². The van der Waals surface area contributed by atoms with Gasteiger partial charge in [0.2, 0.25) is 0 Å². The molecule has 0 atom stereocenters. The molecule has 108 valence electrons. The summed E-state index contributed by atoms with van der Waals surface area (Å²) in [7, 11) is 0. The first-order valence-corrected chi connectivity index (χ1v) is 6.22. The number of nitrogens with one attached hydrogen (secondary N) is 2. The summed E-state index contributed by atoms with van der Waals surface area (Å²) in [6, 6.07) is 12.1. The van der Waals surface area contributed by atoms with Crippen molar-refractivity contribution in [2.45, 2.75) is 6.92 Å². The molecule has 0 fully saturated rings. The number of hydrogen-bond acceptors (Lipinski definition) is 3. The van der Waals surface area contributed by atoms with Crippen LogP contribution in [-0.2, 0) is 0 Å². The van der Waals surface area contributed by atoms with Crippen LogP contribution in [-0.4, -0.2) is 17.0 Å². The van der Waals surface area contributed by atoms with Gasteiger partial charge in [-0.05, 0) is 31.2 Å². The number of carbonyl (C=O) groups is 1. The van der Waals surface area contributed by atoms with Gasteiger partial charge in [-0.1, -0.05) is 29.4 Å². The van der Waals surface area contributed by atoms with E-state index in [2.05, 4.69) is 15.8 Å². The van der Waals surface area contributed by atoms with Crippen molar-refractivity contribution in [1.82, 2.24) is 0 Å². The predicted octanol–water partition coefficient (Wildman–Crippen LogP) is 3.67. The summed E-state index contributed by atoms with van der Waals surface area (Å²) in [6.07, 6.45) is 0. The molecule has 0 saturated carbocycles. The van der Waals surface area contributed by atoms with Gasteiger partial charge in [-0.2, -0.15) is 0 Å². The Labute approximate surface area is 121 Å². The molecule has 3 N–H and O–H groups in total. The number of hydrogen-bond donors (Lipinski definition) is 3. The normalized spacial score (nSPS) is 11.0. The van der Waals surface area contributed by atoms with Gasteiger partial charge in [0, 0.05) is 11.3 Å². The Morgan fingerprint density at radius 3 is 2.62 bits per heavy atom. The number of para-hydroxylation sites is 1. The van der Waals surface area contributed by atoms with Crippen LogP contribution >= 0.6 is 0 Å². The van der Waals surface area contributed by atoms with E-state index in [0.29, 0.717) is 17.0 Å². The Morgan fingerprint density at radius 2 is 1.90 bits per heavy atom. The van der Waals surface area contributed by atoms with Crippen LogP contribution in [0.15, 0.2) is 53.7 Å². The van der Waals surface area contributed by atoms with Gasteiger partial charge in [0.15, 0.2) is 0 Å². The van der Waals surface area contributed by atoms with Gasteiger partial charge in [-0.3, -0.25) is 0 Å². The standard InChI is InChI=1S/C15H14FN3O2/c1-10(19-21)11-5-4-6-12(9-11)17-15(20)18-14-8-3-2-7-13(14)16/h2-9,21H,1H3,(H2,17,18,20)/b19-10+. The number of halogens is 1. The highest BCUT2D eigenvalue weighted by Gasteiger charge is 2.07. The summed E-state index contributed by atoms with van der Waals surface area (Å²) in [5.41, 5.74) is 1.69. The molecular formula is C15H14FN3O2. The molecule has 0 aromatic heterocycles. The van der Waals surface area contributed by atoms with Crippen LogP contribution in [0, 0.1) is 5.82 Å². The van der Waals surface area contributed by atoms with Gasteiger partial charge in [-0.15, -0.1) is 0 Å². The minimum absolute atomic E-state index is 0.0965. The molecule has 2 aromatic rings. The monoisotopic (exact) mass is 287 g/mol. The number of carbonyl (C=O) groups excluding carboxylic acids is 1. The van der Waals surface area contributed by atoms with E-state index in [1.54, 1.807) is 43.3 Å². The lowest BCUT2D eigenvalue weighted by atomic mass is 10.1. The van der Waals surface area contributed by atoms with E-state index in [1.807, 2.05) is 0 Å². The smallest absolute Gasteiger partial charge is 0.323 e. The second kappa shape index (κ2) is 6.51. The molecule has 0 spiro atoms. The highest BCUT2D eigenvalue weighted by molar-refractivity contribution is 6.02. The summed E-state index contributed by atoms with van der Waals surface area (Å²) in [5.74, 6) is -0.510. The molecule has 2 rings (SSSR count). The van der Waals surface area contributed by atoms with Crippen molar-refractivity contribution < 1.29 is 14.4 Å². The van der Waals surface area contributed by atoms with Crippen molar-refractivity contribution in [2.75, 3.05) is 10.6 Å². The maximum atomic E-state index is 13.4. The summed E-state index contributed by atoms with van der Waals surface area (Å²) in [4.78, 5) is 11.8. The SMILES string of the molecule is C/C(=N\O)c1cccc(NC(=O)Nc2ccccc2F)c1. The molecule has 0 saturated heterocycles. The molecule has 0 heterocycles. The minimum Gasteiger partial charge on any atom is -0.411 e. The summed E-state index contributed by atoms with van der Waals surface area (Å²) in [6.45, 7) is 1.64. The lowest BCUT2D eigenvalue weighted by molar-refractivity contribution is 0.262. The average molecular weight is 287 g/mol. The zero-order valence-corrected chi connectivity index (χ0v) is 11.3. The lowest BCUT2D eigenvalue weighted by Gasteiger charge is -2.09. The maximum Gasteiger partial charge on any atom is 0.323 e. The molecule has 6 heteroatoms. The van der Waals surface area contributed by atoms with Gasteiger partial charge < -0.3 is 15.8 Å². The van der Waals surface area contributed by atoms with Crippen LogP contribution in [0.5, 0.6) is 0 Å². The van der Waals surface area contributed by atoms with Crippen molar-refractivity contribution in [3.8, 4) is 0 Å². The zero-order valence-electron chi connectivity index (χ0n) is 11.3. The minimum atomic E-state index is -0.559. The zero-order chi connectivity index (χ0) is 15.2. The number of nitrogens with zero attached hydrogens (tertiary/aromatic N) is 1. The van der Waals surface area contributed by atoms with Crippen molar-refractivity contribution in [1.29, 1.82) is 0 Å². The number of benzene rings is 2. The molecule has 0 bridgehead atoms. The Hall–Kier alpha value is -2.89.